The summed E-state index contributed by atoms with van der Waals surface area (Å²) in [5.74, 6) is 0. The summed E-state index contributed by atoms with van der Waals surface area (Å²) in [6, 6.07) is 7.92. The van der Waals surface area contributed by atoms with Gasteiger partial charge < -0.3 is 0 Å². The standard InChI is InChI=1S/C15H8Cl3N3O4S/c16-8-1-3-10(4-2-8)26(24,25)14-11(17)5-9(6-12(14)18)21-15(23)20-13(22)7-19-21/h1-7H,(H,20,22,23). The summed E-state index contributed by atoms with van der Waals surface area (Å²) in [6.45, 7) is 0. The molecule has 2 aromatic carbocycles. The maximum Gasteiger partial charge on any atom is 0.349 e. The number of rotatable bonds is 3. The van der Waals surface area contributed by atoms with Crippen molar-refractivity contribution in [3.63, 3.8) is 0 Å². The van der Waals surface area contributed by atoms with Crippen molar-refractivity contribution in [3.05, 3.63) is 78.5 Å². The van der Waals surface area contributed by atoms with Crippen molar-refractivity contribution in [2.45, 2.75) is 9.79 Å². The molecule has 3 rings (SSSR count). The van der Waals surface area contributed by atoms with Crippen LogP contribution < -0.4 is 11.2 Å². The van der Waals surface area contributed by atoms with E-state index in [4.69, 9.17) is 34.8 Å². The molecule has 0 aliphatic heterocycles. The zero-order valence-corrected chi connectivity index (χ0v) is 15.7. The van der Waals surface area contributed by atoms with Crippen LogP contribution in [-0.4, -0.2) is 23.2 Å². The molecular formula is C15H8Cl3N3O4S. The van der Waals surface area contributed by atoms with Gasteiger partial charge in [0.2, 0.25) is 9.84 Å². The second-order valence-electron chi connectivity index (χ2n) is 5.05. The lowest BCUT2D eigenvalue weighted by Crippen LogP contribution is -2.30. The number of hydrogen-bond donors (Lipinski definition) is 1. The van der Waals surface area contributed by atoms with Gasteiger partial charge in [0.25, 0.3) is 5.56 Å². The molecule has 0 aliphatic carbocycles. The molecule has 26 heavy (non-hydrogen) atoms. The first-order valence-electron chi connectivity index (χ1n) is 6.89. The van der Waals surface area contributed by atoms with E-state index in [1.165, 1.54) is 36.4 Å². The van der Waals surface area contributed by atoms with Gasteiger partial charge in [0.15, 0.2) is 0 Å². The zero-order valence-electron chi connectivity index (χ0n) is 12.6. The average molecular weight is 433 g/mol. The van der Waals surface area contributed by atoms with Gasteiger partial charge in [-0.05, 0) is 36.4 Å². The van der Waals surface area contributed by atoms with Crippen LogP contribution in [0.4, 0.5) is 0 Å². The quantitative estimate of drug-likeness (QED) is 0.685. The summed E-state index contributed by atoms with van der Waals surface area (Å²) in [7, 11) is -4.02. The SMILES string of the molecule is O=c1cnn(-c2cc(Cl)c(S(=O)(=O)c3ccc(Cl)cc3)c(Cl)c2)c(=O)[nH]1. The van der Waals surface area contributed by atoms with E-state index in [0.717, 1.165) is 10.9 Å². The van der Waals surface area contributed by atoms with Crippen LogP contribution in [0.1, 0.15) is 0 Å². The van der Waals surface area contributed by atoms with Crippen molar-refractivity contribution >= 4 is 44.6 Å². The Morgan fingerprint density at radius 3 is 2.08 bits per heavy atom. The fourth-order valence-electron chi connectivity index (χ4n) is 2.19. The van der Waals surface area contributed by atoms with Crippen LogP contribution in [-0.2, 0) is 9.84 Å². The van der Waals surface area contributed by atoms with Crippen LogP contribution in [0.5, 0.6) is 0 Å². The lowest BCUT2D eigenvalue weighted by atomic mass is 10.3. The summed E-state index contributed by atoms with van der Waals surface area (Å²) in [6.07, 6.45) is 0.890. The maximum atomic E-state index is 12.8. The minimum Gasteiger partial charge on any atom is -0.271 e. The van der Waals surface area contributed by atoms with E-state index in [2.05, 4.69) is 5.10 Å². The Bertz CT molecular complexity index is 1190. The van der Waals surface area contributed by atoms with Crippen molar-refractivity contribution in [1.29, 1.82) is 0 Å². The molecular weight excluding hydrogens is 425 g/mol. The minimum atomic E-state index is -4.02. The third-order valence-electron chi connectivity index (χ3n) is 3.33. The normalized spacial score (nSPS) is 11.5. The number of aromatic nitrogens is 3. The van der Waals surface area contributed by atoms with Crippen molar-refractivity contribution in [1.82, 2.24) is 14.8 Å². The molecule has 134 valence electrons. The third-order valence-corrected chi connectivity index (χ3v) is 6.28. The first-order valence-corrected chi connectivity index (χ1v) is 9.50. The van der Waals surface area contributed by atoms with E-state index in [0.29, 0.717) is 5.02 Å². The molecule has 0 aliphatic rings. The van der Waals surface area contributed by atoms with Gasteiger partial charge >= 0.3 is 5.69 Å². The zero-order chi connectivity index (χ0) is 19.1. The van der Waals surface area contributed by atoms with Gasteiger partial charge in [0.05, 0.1) is 20.6 Å². The van der Waals surface area contributed by atoms with Crippen molar-refractivity contribution in [3.8, 4) is 5.69 Å². The maximum absolute atomic E-state index is 12.8. The molecule has 0 bridgehead atoms. The molecule has 0 unspecified atom stereocenters. The molecule has 3 aromatic rings. The number of nitrogens with one attached hydrogen (secondary N) is 1. The summed E-state index contributed by atoms with van der Waals surface area (Å²) in [5, 5.41) is 3.63. The van der Waals surface area contributed by atoms with Crippen molar-refractivity contribution < 1.29 is 8.42 Å². The van der Waals surface area contributed by atoms with Gasteiger partial charge in [-0.1, -0.05) is 34.8 Å². The number of halogens is 3. The highest BCUT2D eigenvalue weighted by molar-refractivity contribution is 7.91. The number of hydrogen-bond acceptors (Lipinski definition) is 5. The van der Waals surface area contributed by atoms with E-state index in [1.807, 2.05) is 4.98 Å². The molecule has 11 heteroatoms. The molecule has 0 fully saturated rings. The van der Waals surface area contributed by atoms with Gasteiger partial charge in [0, 0.05) is 5.02 Å². The van der Waals surface area contributed by atoms with Crippen LogP contribution in [0.2, 0.25) is 15.1 Å². The molecule has 7 nitrogen and oxygen atoms in total. The van der Waals surface area contributed by atoms with Gasteiger partial charge in [-0.3, -0.25) is 9.78 Å². The fraction of sp³-hybridized carbons (Fsp3) is 0. The minimum absolute atomic E-state index is 0.0437. The highest BCUT2D eigenvalue weighted by Gasteiger charge is 2.25. The third kappa shape index (κ3) is 3.41. The lowest BCUT2D eigenvalue weighted by molar-refractivity contribution is 0.596. The van der Waals surface area contributed by atoms with Crippen LogP contribution in [0, 0.1) is 0 Å². The molecule has 1 N–H and O–H groups in total. The average Bonchev–Trinajstić information content (AvgIpc) is 2.54. The monoisotopic (exact) mass is 431 g/mol. The fourth-order valence-corrected chi connectivity index (χ4v) is 4.77. The summed E-state index contributed by atoms with van der Waals surface area (Å²) < 4.78 is 26.4. The summed E-state index contributed by atoms with van der Waals surface area (Å²) in [4.78, 5) is 24.6. The van der Waals surface area contributed by atoms with E-state index in [9.17, 15) is 18.0 Å². The molecule has 0 atom stereocenters. The van der Waals surface area contributed by atoms with Crippen molar-refractivity contribution in [2.24, 2.45) is 0 Å². The second-order valence-corrected chi connectivity index (χ2v) is 8.18. The lowest BCUT2D eigenvalue weighted by Gasteiger charge is -2.11. The van der Waals surface area contributed by atoms with Crippen LogP contribution in [0.15, 0.2) is 62.0 Å². The van der Waals surface area contributed by atoms with E-state index >= 15 is 0 Å². The van der Waals surface area contributed by atoms with E-state index in [1.54, 1.807) is 0 Å². The molecule has 0 saturated heterocycles. The second kappa shape index (κ2) is 6.88. The van der Waals surface area contributed by atoms with Gasteiger partial charge in [-0.15, -0.1) is 0 Å². The molecule has 0 spiro atoms. The first-order chi connectivity index (χ1) is 12.2. The smallest absolute Gasteiger partial charge is 0.271 e. The largest absolute Gasteiger partial charge is 0.349 e. The van der Waals surface area contributed by atoms with Crippen LogP contribution >= 0.6 is 34.8 Å². The number of sulfone groups is 1. The van der Waals surface area contributed by atoms with Crippen LogP contribution in [0.3, 0.4) is 0 Å². The van der Waals surface area contributed by atoms with Gasteiger partial charge in [-0.2, -0.15) is 9.78 Å². The highest BCUT2D eigenvalue weighted by atomic mass is 35.5. The predicted molar refractivity (Wildman–Crippen MR) is 97.4 cm³/mol. The summed E-state index contributed by atoms with van der Waals surface area (Å²) in [5.41, 5.74) is -1.40. The number of nitrogens with zero attached hydrogens (tertiary/aromatic N) is 2. The molecule has 0 radical (unpaired) electrons. The molecule has 0 saturated carbocycles. The van der Waals surface area contributed by atoms with Crippen molar-refractivity contribution in [2.75, 3.05) is 0 Å². The Hall–Kier alpha value is -2.13. The topological polar surface area (TPSA) is 102 Å². The Kier molecular flexibility index (Phi) is 4.94. The Morgan fingerprint density at radius 1 is 0.962 bits per heavy atom. The molecule has 1 aromatic heterocycles. The Labute approximate surface area is 161 Å². The first kappa shape index (κ1) is 18.7. The van der Waals surface area contributed by atoms with Gasteiger partial charge in [-0.25, -0.2) is 13.2 Å². The van der Waals surface area contributed by atoms with E-state index in [-0.39, 0.29) is 25.5 Å². The van der Waals surface area contributed by atoms with Crippen LogP contribution in [0.25, 0.3) is 5.69 Å². The Balaban J connectivity index is 2.18. The number of benzene rings is 2. The summed E-state index contributed by atoms with van der Waals surface area (Å²) >= 11 is 18.0. The Morgan fingerprint density at radius 2 is 1.54 bits per heavy atom. The molecule has 0 amide bonds. The molecule has 1 heterocycles. The van der Waals surface area contributed by atoms with Gasteiger partial charge in [0.1, 0.15) is 11.1 Å². The number of aromatic amines is 1. The number of H-pyrrole nitrogens is 1. The van der Waals surface area contributed by atoms with E-state index < -0.39 is 21.1 Å². The highest BCUT2D eigenvalue weighted by Crippen LogP contribution is 2.35. The predicted octanol–water partition coefficient (Wildman–Crippen LogP) is 2.71.